The Bertz CT molecular complexity index is 958. The molecule has 1 aliphatic heterocycles. The molecule has 28 heavy (non-hydrogen) atoms. The monoisotopic (exact) mass is 405 g/mol. The van der Waals surface area contributed by atoms with Crippen LogP contribution in [0.4, 0.5) is 15.8 Å². The molecule has 1 amide bonds. The summed E-state index contributed by atoms with van der Waals surface area (Å²) in [4.78, 5) is 37.7. The van der Waals surface area contributed by atoms with E-state index in [9.17, 15) is 24.1 Å². The zero-order valence-corrected chi connectivity index (χ0v) is 15.8. The summed E-state index contributed by atoms with van der Waals surface area (Å²) in [6.07, 6.45) is 0. The van der Waals surface area contributed by atoms with Gasteiger partial charge in [-0.15, -0.1) is 0 Å². The summed E-state index contributed by atoms with van der Waals surface area (Å²) in [5, 5.41) is 11.1. The van der Waals surface area contributed by atoms with Crippen LogP contribution in [0.3, 0.4) is 0 Å². The zero-order chi connectivity index (χ0) is 20.4. The van der Waals surface area contributed by atoms with Crippen LogP contribution >= 0.6 is 11.6 Å². The number of nitrogens with zero attached hydrogens (tertiary/aromatic N) is 3. The second kappa shape index (κ2) is 7.93. The number of hydrogen-bond acceptors (Lipinski definition) is 5. The van der Waals surface area contributed by atoms with E-state index in [0.29, 0.717) is 37.4 Å². The van der Waals surface area contributed by atoms with Crippen LogP contribution in [-0.2, 0) is 0 Å². The summed E-state index contributed by atoms with van der Waals surface area (Å²) in [6, 6.07) is 8.07. The number of hydrogen-bond donors (Lipinski definition) is 0. The van der Waals surface area contributed by atoms with Crippen LogP contribution in [0.1, 0.15) is 27.6 Å². The Kier molecular flexibility index (Phi) is 5.60. The van der Waals surface area contributed by atoms with Crippen molar-refractivity contribution in [3.8, 4) is 0 Å². The normalized spacial score (nSPS) is 14.1. The van der Waals surface area contributed by atoms with Crippen molar-refractivity contribution < 1.29 is 18.9 Å². The molecule has 7 nitrogen and oxygen atoms in total. The lowest BCUT2D eigenvalue weighted by atomic mass is 10.1. The number of non-ortho nitro benzene ring substituents is 1. The molecule has 0 radical (unpaired) electrons. The fourth-order valence-electron chi connectivity index (χ4n) is 3.09. The molecule has 0 atom stereocenters. The number of benzene rings is 2. The van der Waals surface area contributed by atoms with E-state index in [1.54, 1.807) is 17.0 Å². The highest BCUT2D eigenvalue weighted by Gasteiger charge is 2.26. The summed E-state index contributed by atoms with van der Waals surface area (Å²) in [7, 11) is 0. The van der Waals surface area contributed by atoms with Crippen LogP contribution in [0.2, 0.25) is 5.02 Å². The lowest BCUT2D eigenvalue weighted by molar-refractivity contribution is -0.384. The van der Waals surface area contributed by atoms with Crippen molar-refractivity contribution in [2.45, 2.75) is 6.92 Å². The standard InChI is InChI=1S/C19H17ClFN3O4/c1-12(25)13-2-5-18(17(21)10-13)22-6-8-23(9-7-22)19(26)15-11-14(24(27)28)3-4-16(15)20/h2-5,10-11H,6-9H2,1H3. The molecule has 3 rings (SSSR count). The Morgan fingerprint density at radius 1 is 1.11 bits per heavy atom. The molecule has 9 heteroatoms. The maximum atomic E-state index is 14.3. The summed E-state index contributed by atoms with van der Waals surface area (Å²) < 4.78 is 14.3. The number of piperazine rings is 1. The first-order valence-electron chi connectivity index (χ1n) is 8.56. The van der Waals surface area contributed by atoms with E-state index < -0.39 is 16.6 Å². The molecular formula is C19H17ClFN3O4. The van der Waals surface area contributed by atoms with Gasteiger partial charge in [-0.25, -0.2) is 4.39 Å². The lowest BCUT2D eigenvalue weighted by Gasteiger charge is -2.36. The molecule has 0 aliphatic carbocycles. The fraction of sp³-hybridized carbons (Fsp3) is 0.263. The molecule has 0 spiro atoms. The van der Waals surface area contributed by atoms with Crippen LogP contribution in [-0.4, -0.2) is 47.7 Å². The highest BCUT2D eigenvalue weighted by atomic mass is 35.5. The predicted molar refractivity (Wildman–Crippen MR) is 103 cm³/mol. The van der Waals surface area contributed by atoms with Gasteiger partial charge in [0.05, 0.1) is 21.2 Å². The summed E-state index contributed by atoms with van der Waals surface area (Å²) in [5.74, 6) is -1.11. The molecule has 0 bridgehead atoms. The lowest BCUT2D eigenvalue weighted by Crippen LogP contribution is -2.49. The van der Waals surface area contributed by atoms with Gasteiger partial charge in [-0.2, -0.15) is 0 Å². The number of anilines is 1. The van der Waals surface area contributed by atoms with E-state index in [1.807, 2.05) is 0 Å². The SMILES string of the molecule is CC(=O)c1ccc(N2CCN(C(=O)c3cc([N+](=O)[O-])ccc3Cl)CC2)c(F)c1. The van der Waals surface area contributed by atoms with Crippen LogP contribution in [0, 0.1) is 15.9 Å². The minimum absolute atomic E-state index is 0.0707. The first-order chi connectivity index (χ1) is 13.3. The first-order valence-corrected chi connectivity index (χ1v) is 8.94. The molecule has 0 aromatic heterocycles. The molecule has 1 saturated heterocycles. The van der Waals surface area contributed by atoms with Gasteiger partial charge >= 0.3 is 0 Å². The Morgan fingerprint density at radius 2 is 1.79 bits per heavy atom. The summed E-state index contributed by atoms with van der Waals surface area (Å²) >= 11 is 6.04. The Labute approximate surface area is 165 Å². The maximum Gasteiger partial charge on any atom is 0.270 e. The minimum Gasteiger partial charge on any atom is -0.366 e. The number of ketones is 1. The number of carbonyl (C=O) groups excluding carboxylic acids is 2. The maximum absolute atomic E-state index is 14.3. The molecule has 146 valence electrons. The second-order valence-electron chi connectivity index (χ2n) is 6.42. The minimum atomic E-state index is -0.585. The van der Waals surface area contributed by atoms with Crippen molar-refractivity contribution in [1.82, 2.24) is 4.90 Å². The third-order valence-electron chi connectivity index (χ3n) is 4.65. The number of nitro benzene ring substituents is 1. The first kappa shape index (κ1) is 19.8. The highest BCUT2D eigenvalue weighted by molar-refractivity contribution is 6.33. The topological polar surface area (TPSA) is 83.8 Å². The third kappa shape index (κ3) is 3.96. The average molecular weight is 406 g/mol. The van der Waals surface area contributed by atoms with E-state index in [4.69, 9.17) is 11.6 Å². The molecule has 2 aromatic carbocycles. The van der Waals surface area contributed by atoms with Gasteiger partial charge in [-0.1, -0.05) is 11.6 Å². The van der Waals surface area contributed by atoms with Gasteiger partial charge in [-0.05, 0) is 31.2 Å². The Morgan fingerprint density at radius 3 is 2.36 bits per heavy atom. The number of carbonyl (C=O) groups is 2. The van der Waals surface area contributed by atoms with Crippen LogP contribution in [0.25, 0.3) is 0 Å². The van der Waals surface area contributed by atoms with Crippen LogP contribution < -0.4 is 4.90 Å². The highest BCUT2D eigenvalue weighted by Crippen LogP contribution is 2.26. The molecule has 0 N–H and O–H groups in total. The number of amides is 1. The number of halogens is 2. The average Bonchev–Trinajstić information content (AvgIpc) is 2.67. The molecule has 1 aliphatic rings. The quantitative estimate of drug-likeness (QED) is 0.441. The number of nitro groups is 1. The van der Waals surface area contributed by atoms with Crippen molar-refractivity contribution in [3.05, 3.63) is 68.5 Å². The van der Waals surface area contributed by atoms with E-state index >= 15 is 0 Å². The zero-order valence-electron chi connectivity index (χ0n) is 15.0. The van der Waals surface area contributed by atoms with E-state index in [2.05, 4.69) is 0 Å². The van der Waals surface area contributed by atoms with Crippen molar-refractivity contribution in [1.29, 1.82) is 0 Å². The van der Waals surface area contributed by atoms with Crippen molar-refractivity contribution in [3.63, 3.8) is 0 Å². The van der Waals surface area contributed by atoms with E-state index in [1.165, 1.54) is 30.0 Å². The van der Waals surface area contributed by atoms with Gasteiger partial charge in [0.1, 0.15) is 5.82 Å². The molecule has 0 unspecified atom stereocenters. The third-order valence-corrected chi connectivity index (χ3v) is 4.98. The largest absolute Gasteiger partial charge is 0.366 e. The number of rotatable bonds is 4. The van der Waals surface area contributed by atoms with Crippen LogP contribution in [0.5, 0.6) is 0 Å². The molecule has 1 heterocycles. The molecule has 1 fully saturated rings. The van der Waals surface area contributed by atoms with Gasteiger partial charge < -0.3 is 9.80 Å². The van der Waals surface area contributed by atoms with Gasteiger partial charge in [0.2, 0.25) is 0 Å². The van der Waals surface area contributed by atoms with Gasteiger partial charge in [0.25, 0.3) is 11.6 Å². The molecular weight excluding hydrogens is 389 g/mol. The number of Topliss-reactive ketones (excluding diaryl/α,β-unsaturated/α-hetero) is 1. The van der Waals surface area contributed by atoms with Crippen LogP contribution in [0.15, 0.2) is 36.4 Å². The fourth-order valence-corrected chi connectivity index (χ4v) is 3.29. The van der Waals surface area contributed by atoms with Gasteiger partial charge in [-0.3, -0.25) is 19.7 Å². The van der Waals surface area contributed by atoms with Crippen molar-refractivity contribution in [2.75, 3.05) is 31.1 Å². The van der Waals surface area contributed by atoms with E-state index in [-0.39, 0.29) is 22.1 Å². The summed E-state index contributed by atoms with van der Waals surface area (Å²) in [5.41, 5.74) is 0.529. The van der Waals surface area contributed by atoms with Crippen molar-refractivity contribution in [2.24, 2.45) is 0 Å². The predicted octanol–water partition coefficient (Wildman–Crippen LogP) is 3.55. The second-order valence-corrected chi connectivity index (χ2v) is 6.83. The molecule has 0 saturated carbocycles. The van der Waals surface area contributed by atoms with Gasteiger partial charge in [0.15, 0.2) is 5.78 Å². The van der Waals surface area contributed by atoms with Crippen molar-refractivity contribution >= 4 is 34.7 Å². The van der Waals surface area contributed by atoms with Gasteiger partial charge in [0, 0.05) is 43.9 Å². The Balaban J connectivity index is 1.72. The summed E-state index contributed by atoms with van der Waals surface area (Å²) in [6.45, 7) is 2.76. The Hall–Kier alpha value is -3.00. The van der Waals surface area contributed by atoms with E-state index in [0.717, 1.165) is 6.07 Å². The smallest absolute Gasteiger partial charge is 0.270 e. The molecule has 2 aromatic rings.